The van der Waals surface area contributed by atoms with Gasteiger partial charge in [-0.3, -0.25) is 9.78 Å². The number of anilines is 1. The highest BCUT2D eigenvalue weighted by Gasteiger charge is 2.27. The molecule has 0 unspecified atom stereocenters. The molecule has 0 aliphatic carbocycles. The summed E-state index contributed by atoms with van der Waals surface area (Å²) in [6, 6.07) is 14.2. The van der Waals surface area contributed by atoms with Crippen LogP contribution in [0.5, 0.6) is 0 Å². The first-order valence-corrected chi connectivity index (χ1v) is 10.6. The lowest BCUT2D eigenvalue weighted by Crippen LogP contribution is -2.50. The highest BCUT2D eigenvalue weighted by molar-refractivity contribution is 6.03. The first kappa shape index (κ1) is 21.2. The SMILES string of the molecule is N#Cc1nc(-c2ccco2)oc1N1CCN(C(=O)COC(=O)c2cccc3ncccc23)CC1. The Balaban J connectivity index is 1.19. The standard InChI is InChI=1S/C24H19N5O5/c25-14-19-23(34-22(27-19)20-7-3-13-32-20)29-11-9-28(10-12-29)21(30)15-33-24(31)17-4-1-6-18-16(17)5-2-8-26-18/h1-8,13H,9-12,15H2. The van der Waals surface area contributed by atoms with Crippen LogP contribution < -0.4 is 4.90 Å². The van der Waals surface area contributed by atoms with Crippen molar-refractivity contribution in [2.24, 2.45) is 0 Å². The number of ether oxygens (including phenoxy) is 1. The Labute approximate surface area is 194 Å². The summed E-state index contributed by atoms with van der Waals surface area (Å²) in [6.45, 7) is 1.29. The van der Waals surface area contributed by atoms with E-state index in [1.807, 2.05) is 11.0 Å². The molecule has 0 radical (unpaired) electrons. The van der Waals surface area contributed by atoms with Gasteiger partial charge >= 0.3 is 5.97 Å². The lowest BCUT2D eigenvalue weighted by atomic mass is 10.1. The Morgan fingerprint density at radius 1 is 1.09 bits per heavy atom. The number of oxazole rings is 1. The maximum Gasteiger partial charge on any atom is 0.339 e. The highest BCUT2D eigenvalue weighted by atomic mass is 16.5. The molecule has 170 valence electrons. The van der Waals surface area contributed by atoms with E-state index in [2.05, 4.69) is 9.97 Å². The van der Waals surface area contributed by atoms with Gasteiger partial charge in [0.15, 0.2) is 12.4 Å². The minimum absolute atomic E-state index is 0.157. The van der Waals surface area contributed by atoms with Crippen LogP contribution in [0.1, 0.15) is 16.1 Å². The molecule has 4 heterocycles. The van der Waals surface area contributed by atoms with Crippen molar-refractivity contribution in [1.29, 1.82) is 5.26 Å². The van der Waals surface area contributed by atoms with E-state index >= 15 is 0 Å². The number of nitrogens with zero attached hydrogens (tertiary/aromatic N) is 5. The summed E-state index contributed by atoms with van der Waals surface area (Å²) in [5.41, 5.74) is 1.20. The first-order chi connectivity index (χ1) is 16.6. The van der Waals surface area contributed by atoms with Gasteiger partial charge in [-0.25, -0.2) is 4.79 Å². The molecular weight excluding hydrogens is 438 g/mol. The average Bonchev–Trinajstić information content (AvgIpc) is 3.57. The highest BCUT2D eigenvalue weighted by Crippen LogP contribution is 2.29. The molecule has 1 aromatic carbocycles. The van der Waals surface area contributed by atoms with E-state index in [1.54, 1.807) is 53.6 Å². The number of aromatic nitrogens is 2. The van der Waals surface area contributed by atoms with Gasteiger partial charge in [0, 0.05) is 37.8 Å². The van der Waals surface area contributed by atoms with Gasteiger partial charge in [-0.1, -0.05) is 12.1 Å². The number of amides is 1. The zero-order chi connectivity index (χ0) is 23.5. The minimum atomic E-state index is -0.573. The fraction of sp³-hybridized carbons (Fsp3) is 0.208. The van der Waals surface area contributed by atoms with E-state index in [4.69, 9.17) is 13.6 Å². The van der Waals surface area contributed by atoms with Gasteiger partial charge in [0.05, 0.1) is 17.3 Å². The smallest absolute Gasteiger partial charge is 0.339 e. The van der Waals surface area contributed by atoms with E-state index < -0.39 is 5.97 Å². The number of nitriles is 1. The number of esters is 1. The summed E-state index contributed by atoms with van der Waals surface area (Å²) in [7, 11) is 0. The van der Waals surface area contributed by atoms with Gasteiger partial charge in [-0.05, 0) is 30.3 Å². The van der Waals surface area contributed by atoms with Crippen LogP contribution in [0.3, 0.4) is 0 Å². The van der Waals surface area contributed by atoms with E-state index in [9.17, 15) is 14.9 Å². The molecule has 1 fully saturated rings. The second kappa shape index (κ2) is 9.07. The largest absolute Gasteiger partial charge is 0.459 e. The third kappa shape index (κ3) is 4.06. The number of fused-ring (bicyclic) bond motifs is 1. The van der Waals surface area contributed by atoms with Crippen molar-refractivity contribution < 1.29 is 23.2 Å². The summed E-state index contributed by atoms with van der Waals surface area (Å²) in [4.78, 5) is 37.1. The van der Waals surface area contributed by atoms with Crippen LogP contribution in [0.15, 0.2) is 63.8 Å². The van der Waals surface area contributed by atoms with Crippen LogP contribution in [0.25, 0.3) is 22.6 Å². The zero-order valence-corrected chi connectivity index (χ0v) is 18.0. The topological polar surface area (TPSA) is 126 Å². The second-order valence-corrected chi connectivity index (χ2v) is 7.58. The van der Waals surface area contributed by atoms with Crippen LogP contribution in [-0.4, -0.2) is 59.5 Å². The van der Waals surface area contributed by atoms with Crippen LogP contribution in [0.2, 0.25) is 0 Å². The lowest BCUT2D eigenvalue weighted by molar-refractivity contribution is -0.134. The maximum absolute atomic E-state index is 12.6. The normalized spacial score (nSPS) is 13.6. The molecule has 0 saturated carbocycles. The Hall–Kier alpha value is -4.65. The lowest BCUT2D eigenvalue weighted by Gasteiger charge is -2.34. The Morgan fingerprint density at radius 3 is 2.71 bits per heavy atom. The van der Waals surface area contributed by atoms with Gasteiger partial charge in [-0.15, -0.1) is 0 Å². The summed E-state index contributed by atoms with van der Waals surface area (Å²) < 4.78 is 16.3. The predicted molar refractivity (Wildman–Crippen MR) is 120 cm³/mol. The van der Waals surface area contributed by atoms with Crippen molar-refractivity contribution in [1.82, 2.24) is 14.9 Å². The number of carbonyl (C=O) groups is 2. The molecule has 1 aliphatic rings. The van der Waals surface area contributed by atoms with Crippen molar-refractivity contribution in [2.45, 2.75) is 0 Å². The number of benzene rings is 1. The maximum atomic E-state index is 12.6. The molecule has 10 heteroatoms. The Bertz CT molecular complexity index is 1380. The number of piperazine rings is 1. The van der Waals surface area contributed by atoms with E-state index in [-0.39, 0.29) is 24.1 Å². The summed E-state index contributed by atoms with van der Waals surface area (Å²) in [5.74, 6) is 0.139. The summed E-state index contributed by atoms with van der Waals surface area (Å²) in [5, 5.41) is 10.1. The average molecular weight is 457 g/mol. The monoisotopic (exact) mass is 457 g/mol. The molecule has 5 rings (SSSR count). The fourth-order valence-electron chi connectivity index (χ4n) is 3.84. The van der Waals surface area contributed by atoms with Crippen molar-refractivity contribution in [2.75, 3.05) is 37.7 Å². The van der Waals surface area contributed by atoms with Crippen LogP contribution in [-0.2, 0) is 9.53 Å². The molecule has 0 atom stereocenters. The van der Waals surface area contributed by atoms with E-state index in [1.165, 1.54) is 6.26 Å². The number of hydrogen-bond acceptors (Lipinski definition) is 9. The Kier molecular flexibility index (Phi) is 5.66. The number of hydrogen-bond donors (Lipinski definition) is 0. The molecule has 3 aromatic heterocycles. The minimum Gasteiger partial charge on any atom is -0.459 e. The number of rotatable bonds is 5. The van der Waals surface area contributed by atoms with Crippen molar-refractivity contribution in [3.8, 4) is 17.7 Å². The molecule has 0 spiro atoms. The molecule has 34 heavy (non-hydrogen) atoms. The van der Waals surface area contributed by atoms with Gasteiger partial charge in [0.1, 0.15) is 6.07 Å². The third-order valence-corrected chi connectivity index (χ3v) is 5.56. The number of carbonyl (C=O) groups excluding carboxylic acids is 2. The van der Waals surface area contributed by atoms with Crippen molar-refractivity contribution in [3.05, 3.63) is 66.2 Å². The van der Waals surface area contributed by atoms with Gasteiger partial charge < -0.3 is 23.4 Å². The van der Waals surface area contributed by atoms with Gasteiger partial charge in [-0.2, -0.15) is 10.2 Å². The fourth-order valence-corrected chi connectivity index (χ4v) is 3.84. The van der Waals surface area contributed by atoms with Crippen molar-refractivity contribution in [3.63, 3.8) is 0 Å². The van der Waals surface area contributed by atoms with Crippen LogP contribution in [0, 0.1) is 11.3 Å². The van der Waals surface area contributed by atoms with Crippen LogP contribution in [0.4, 0.5) is 5.88 Å². The molecule has 10 nitrogen and oxygen atoms in total. The van der Waals surface area contributed by atoms with E-state index in [0.29, 0.717) is 54.3 Å². The molecule has 1 saturated heterocycles. The van der Waals surface area contributed by atoms with Crippen LogP contribution >= 0.6 is 0 Å². The van der Waals surface area contributed by atoms with E-state index in [0.717, 1.165) is 0 Å². The summed E-state index contributed by atoms with van der Waals surface area (Å²) in [6.07, 6.45) is 3.15. The number of pyridine rings is 1. The van der Waals surface area contributed by atoms with Crippen molar-refractivity contribution >= 4 is 28.7 Å². The van der Waals surface area contributed by atoms with Gasteiger partial charge in [0.25, 0.3) is 11.8 Å². The molecule has 4 aromatic rings. The number of furan rings is 1. The molecule has 0 N–H and O–H groups in total. The summed E-state index contributed by atoms with van der Waals surface area (Å²) >= 11 is 0. The molecule has 0 bridgehead atoms. The third-order valence-electron chi connectivity index (χ3n) is 5.56. The predicted octanol–water partition coefficient (Wildman–Crippen LogP) is 2.86. The van der Waals surface area contributed by atoms with Gasteiger partial charge in [0.2, 0.25) is 11.6 Å². The quantitative estimate of drug-likeness (QED) is 0.416. The Morgan fingerprint density at radius 2 is 1.94 bits per heavy atom. The molecule has 1 amide bonds. The zero-order valence-electron chi connectivity index (χ0n) is 18.0. The second-order valence-electron chi connectivity index (χ2n) is 7.58. The first-order valence-electron chi connectivity index (χ1n) is 10.6. The molecular formula is C24H19N5O5. The molecule has 1 aliphatic heterocycles.